The fourth-order valence-electron chi connectivity index (χ4n) is 2.50. The average molecular weight is 375 g/mol. The molecule has 0 fully saturated rings. The smallest absolute Gasteiger partial charge is 0.343 e. The lowest BCUT2D eigenvalue weighted by Crippen LogP contribution is -2.11. The van der Waals surface area contributed by atoms with Gasteiger partial charge in [-0.25, -0.2) is 9.48 Å². The van der Waals surface area contributed by atoms with Gasteiger partial charge < -0.3 is 9.26 Å². The lowest BCUT2D eigenvalue weighted by molar-refractivity contribution is 0.0264. The van der Waals surface area contributed by atoms with E-state index in [1.807, 2.05) is 31.2 Å². The standard InChI is InChI=1S/C18H19ClN4O3/c1-10-5-7-14(8-6-10)9-23-16(19)15(11(2)21-23)18(24)25-12(3)17-20-13(4)22-26-17/h5-8,12H,9H2,1-4H3. The zero-order valence-corrected chi connectivity index (χ0v) is 15.7. The van der Waals surface area contributed by atoms with Gasteiger partial charge in [0, 0.05) is 0 Å². The van der Waals surface area contributed by atoms with E-state index >= 15 is 0 Å². The molecule has 3 aromatic rings. The van der Waals surface area contributed by atoms with Crippen molar-refractivity contribution in [2.24, 2.45) is 0 Å². The number of carbonyl (C=O) groups is 1. The summed E-state index contributed by atoms with van der Waals surface area (Å²) in [6.07, 6.45) is -0.681. The number of hydrogen-bond acceptors (Lipinski definition) is 6. The van der Waals surface area contributed by atoms with Gasteiger partial charge in [0.05, 0.1) is 12.2 Å². The summed E-state index contributed by atoms with van der Waals surface area (Å²) < 4.78 is 12.0. The van der Waals surface area contributed by atoms with E-state index in [9.17, 15) is 4.79 Å². The molecule has 0 radical (unpaired) electrons. The van der Waals surface area contributed by atoms with Crippen molar-refractivity contribution in [1.82, 2.24) is 19.9 Å². The Bertz CT molecular complexity index is 931. The monoisotopic (exact) mass is 374 g/mol. The Hall–Kier alpha value is -2.67. The minimum atomic E-state index is -0.681. The number of carbonyl (C=O) groups excluding carboxylic acids is 1. The molecule has 0 aliphatic heterocycles. The van der Waals surface area contributed by atoms with Crippen molar-refractivity contribution in [3.05, 3.63) is 63.5 Å². The van der Waals surface area contributed by atoms with Crippen molar-refractivity contribution in [2.45, 2.75) is 40.3 Å². The van der Waals surface area contributed by atoms with E-state index in [2.05, 4.69) is 15.2 Å². The number of ether oxygens (including phenoxy) is 1. The van der Waals surface area contributed by atoms with Gasteiger partial charge in [0.2, 0.25) is 0 Å². The van der Waals surface area contributed by atoms with Crippen LogP contribution in [0.3, 0.4) is 0 Å². The second-order valence-corrected chi connectivity index (χ2v) is 6.48. The van der Waals surface area contributed by atoms with Gasteiger partial charge in [-0.15, -0.1) is 0 Å². The summed E-state index contributed by atoms with van der Waals surface area (Å²) >= 11 is 6.39. The first-order chi connectivity index (χ1) is 12.3. The summed E-state index contributed by atoms with van der Waals surface area (Å²) in [6, 6.07) is 8.03. The zero-order valence-electron chi connectivity index (χ0n) is 15.0. The minimum Gasteiger partial charge on any atom is -0.449 e. The van der Waals surface area contributed by atoms with Crippen molar-refractivity contribution < 1.29 is 14.1 Å². The van der Waals surface area contributed by atoms with Crippen LogP contribution < -0.4 is 0 Å². The topological polar surface area (TPSA) is 83.0 Å². The van der Waals surface area contributed by atoms with Gasteiger partial charge in [-0.1, -0.05) is 46.6 Å². The summed E-state index contributed by atoms with van der Waals surface area (Å²) in [6.45, 7) is 7.55. The molecule has 0 saturated carbocycles. The zero-order chi connectivity index (χ0) is 18.8. The second kappa shape index (κ2) is 7.29. The molecule has 0 bridgehead atoms. The molecule has 136 valence electrons. The van der Waals surface area contributed by atoms with Crippen molar-refractivity contribution in [2.75, 3.05) is 0 Å². The summed E-state index contributed by atoms with van der Waals surface area (Å²) in [5.41, 5.74) is 2.95. The maximum Gasteiger partial charge on any atom is 0.343 e. The number of esters is 1. The predicted molar refractivity (Wildman–Crippen MR) is 95.1 cm³/mol. The quantitative estimate of drug-likeness (QED) is 0.631. The van der Waals surface area contributed by atoms with E-state index in [-0.39, 0.29) is 16.6 Å². The maximum absolute atomic E-state index is 12.5. The van der Waals surface area contributed by atoms with Crippen LogP contribution >= 0.6 is 11.6 Å². The fraction of sp³-hybridized carbons (Fsp3) is 0.333. The molecule has 2 aromatic heterocycles. The molecule has 0 N–H and O–H groups in total. The van der Waals surface area contributed by atoms with Crippen LogP contribution in [0, 0.1) is 20.8 Å². The van der Waals surface area contributed by atoms with Gasteiger partial charge in [0.15, 0.2) is 11.9 Å². The summed E-state index contributed by atoms with van der Waals surface area (Å²) in [5, 5.41) is 8.29. The van der Waals surface area contributed by atoms with Crippen LogP contribution in [0.2, 0.25) is 5.15 Å². The Morgan fingerprint density at radius 2 is 1.96 bits per heavy atom. The van der Waals surface area contributed by atoms with Crippen LogP contribution in [0.25, 0.3) is 0 Å². The molecule has 3 rings (SSSR count). The highest BCUT2D eigenvalue weighted by Gasteiger charge is 2.25. The number of aromatic nitrogens is 4. The number of nitrogens with zero attached hydrogens (tertiary/aromatic N) is 4. The van der Waals surface area contributed by atoms with Crippen LogP contribution in [0.15, 0.2) is 28.8 Å². The van der Waals surface area contributed by atoms with E-state index < -0.39 is 12.1 Å². The number of aryl methyl sites for hydroxylation is 3. The third kappa shape index (κ3) is 3.77. The summed E-state index contributed by atoms with van der Waals surface area (Å²) in [4.78, 5) is 16.6. The predicted octanol–water partition coefficient (Wildman–Crippen LogP) is 3.81. The van der Waals surface area contributed by atoms with E-state index in [0.717, 1.165) is 5.56 Å². The van der Waals surface area contributed by atoms with Crippen molar-refractivity contribution >= 4 is 17.6 Å². The van der Waals surface area contributed by atoms with Crippen LogP contribution in [0.5, 0.6) is 0 Å². The Labute approximate surface area is 155 Å². The molecule has 0 saturated heterocycles. The Balaban J connectivity index is 1.78. The third-order valence-corrected chi connectivity index (χ3v) is 4.28. The van der Waals surface area contributed by atoms with Crippen LogP contribution in [-0.4, -0.2) is 25.9 Å². The highest BCUT2D eigenvalue weighted by Crippen LogP contribution is 2.25. The van der Waals surface area contributed by atoms with Crippen LogP contribution in [0.1, 0.15) is 51.9 Å². The second-order valence-electron chi connectivity index (χ2n) is 6.12. The van der Waals surface area contributed by atoms with Crippen molar-refractivity contribution in [3.63, 3.8) is 0 Å². The van der Waals surface area contributed by atoms with E-state index in [1.54, 1.807) is 25.5 Å². The Morgan fingerprint density at radius 3 is 2.58 bits per heavy atom. The van der Waals surface area contributed by atoms with Crippen molar-refractivity contribution in [1.29, 1.82) is 0 Å². The molecule has 0 amide bonds. The molecule has 0 aliphatic carbocycles. The number of halogens is 1. The number of rotatable bonds is 5. The molecule has 0 aliphatic rings. The Kier molecular flexibility index (Phi) is 5.08. The highest BCUT2D eigenvalue weighted by molar-refractivity contribution is 6.32. The van der Waals surface area contributed by atoms with Gasteiger partial charge in [-0.2, -0.15) is 10.1 Å². The molecule has 8 heteroatoms. The van der Waals surface area contributed by atoms with E-state index in [4.69, 9.17) is 20.9 Å². The lowest BCUT2D eigenvalue weighted by Gasteiger charge is -2.09. The molecule has 1 atom stereocenters. The van der Waals surface area contributed by atoms with Crippen LogP contribution in [-0.2, 0) is 11.3 Å². The molecular weight excluding hydrogens is 356 g/mol. The fourth-order valence-corrected chi connectivity index (χ4v) is 2.82. The Morgan fingerprint density at radius 1 is 1.27 bits per heavy atom. The average Bonchev–Trinajstić information content (AvgIpc) is 3.13. The molecule has 2 heterocycles. The molecule has 1 unspecified atom stereocenters. The van der Waals surface area contributed by atoms with Gasteiger partial charge in [-0.05, 0) is 33.3 Å². The van der Waals surface area contributed by atoms with Gasteiger partial charge in [0.25, 0.3) is 5.89 Å². The first-order valence-corrected chi connectivity index (χ1v) is 8.52. The SMILES string of the molecule is Cc1ccc(Cn2nc(C)c(C(=O)OC(C)c3nc(C)no3)c2Cl)cc1. The van der Waals surface area contributed by atoms with E-state index in [1.165, 1.54) is 5.56 Å². The van der Waals surface area contributed by atoms with Gasteiger partial charge in [-0.3, -0.25) is 0 Å². The highest BCUT2D eigenvalue weighted by atomic mass is 35.5. The normalized spacial score (nSPS) is 12.2. The first kappa shape index (κ1) is 18.1. The molecule has 26 heavy (non-hydrogen) atoms. The molecular formula is C18H19ClN4O3. The lowest BCUT2D eigenvalue weighted by atomic mass is 10.1. The van der Waals surface area contributed by atoms with Gasteiger partial charge >= 0.3 is 5.97 Å². The molecule has 0 spiro atoms. The van der Waals surface area contributed by atoms with E-state index in [0.29, 0.717) is 18.1 Å². The number of hydrogen-bond donors (Lipinski definition) is 0. The molecule has 1 aromatic carbocycles. The summed E-state index contributed by atoms with van der Waals surface area (Å²) in [7, 11) is 0. The summed E-state index contributed by atoms with van der Waals surface area (Å²) in [5.74, 6) is 0.130. The minimum absolute atomic E-state index is 0.233. The first-order valence-electron chi connectivity index (χ1n) is 8.14. The maximum atomic E-state index is 12.5. The van der Waals surface area contributed by atoms with Gasteiger partial charge in [0.1, 0.15) is 10.7 Å². The third-order valence-electron chi connectivity index (χ3n) is 3.90. The number of benzene rings is 1. The van der Waals surface area contributed by atoms with Crippen LogP contribution in [0.4, 0.5) is 0 Å². The largest absolute Gasteiger partial charge is 0.449 e. The van der Waals surface area contributed by atoms with Crippen molar-refractivity contribution in [3.8, 4) is 0 Å². The molecule has 7 nitrogen and oxygen atoms in total.